The van der Waals surface area contributed by atoms with Gasteiger partial charge in [0.1, 0.15) is 5.75 Å². The molecular weight excluding hydrogens is 424 g/mol. The number of para-hydroxylation sites is 2. The number of pyridine rings is 1. The number of rotatable bonds is 8. The Labute approximate surface area is 198 Å². The standard InChI is InChI=1S/C28H26N4O2/c29-24(22-12-8-16-30-19-22)18-26(23-13-5-7-15-27(23)33)32-28(34)31-25-14-6-4-11-21(25)17-20-9-2-1-3-10-20/h1-16,19,26,29,33H,17-18H2,(H2,31,32,34). The molecule has 1 unspecified atom stereocenters. The van der Waals surface area contributed by atoms with Crippen LogP contribution in [0.1, 0.15) is 34.7 Å². The smallest absolute Gasteiger partial charge is 0.319 e. The van der Waals surface area contributed by atoms with E-state index in [0.717, 1.165) is 11.1 Å². The van der Waals surface area contributed by atoms with Crippen molar-refractivity contribution in [3.05, 3.63) is 126 Å². The van der Waals surface area contributed by atoms with E-state index in [1.807, 2.05) is 42.5 Å². The minimum absolute atomic E-state index is 0.0660. The van der Waals surface area contributed by atoms with Crippen molar-refractivity contribution in [3.63, 3.8) is 0 Å². The van der Waals surface area contributed by atoms with E-state index >= 15 is 0 Å². The molecule has 1 atom stereocenters. The van der Waals surface area contributed by atoms with Crippen LogP contribution >= 0.6 is 0 Å². The Morgan fingerprint density at radius 1 is 0.912 bits per heavy atom. The van der Waals surface area contributed by atoms with E-state index in [-0.39, 0.29) is 12.2 Å². The lowest BCUT2D eigenvalue weighted by Gasteiger charge is -2.21. The van der Waals surface area contributed by atoms with Crippen molar-refractivity contribution in [2.24, 2.45) is 0 Å². The Balaban J connectivity index is 1.52. The molecule has 4 rings (SSSR count). The van der Waals surface area contributed by atoms with E-state index in [0.29, 0.717) is 28.9 Å². The molecule has 4 aromatic rings. The normalized spacial score (nSPS) is 11.4. The third-order valence-corrected chi connectivity index (χ3v) is 5.54. The summed E-state index contributed by atoms with van der Waals surface area (Å²) in [5, 5.41) is 24.8. The molecule has 0 aliphatic heterocycles. The number of nitrogens with zero attached hydrogens (tertiary/aromatic N) is 1. The third kappa shape index (κ3) is 5.86. The van der Waals surface area contributed by atoms with Gasteiger partial charge in [0.15, 0.2) is 0 Å². The van der Waals surface area contributed by atoms with Crippen LogP contribution in [-0.2, 0) is 6.42 Å². The minimum atomic E-state index is -0.602. The summed E-state index contributed by atoms with van der Waals surface area (Å²) in [6.45, 7) is 0. The number of benzene rings is 3. The Morgan fingerprint density at radius 2 is 1.65 bits per heavy atom. The maximum Gasteiger partial charge on any atom is 0.319 e. The highest BCUT2D eigenvalue weighted by Gasteiger charge is 2.21. The van der Waals surface area contributed by atoms with Crippen LogP contribution in [0.2, 0.25) is 0 Å². The van der Waals surface area contributed by atoms with Crippen molar-refractivity contribution in [2.75, 3.05) is 5.32 Å². The van der Waals surface area contributed by atoms with Crippen molar-refractivity contribution in [2.45, 2.75) is 18.9 Å². The Bertz CT molecular complexity index is 1260. The maximum atomic E-state index is 13.0. The first-order chi connectivity index (χ1) is 16.6. The molecule has 170 valence electrons. The summed E-state index contributed by atoms with van der Waals surface area (Å²) in [5.41, 5.74) is 4.37. The summed E-state index contributed by atoms with van der Waals surface area (Å²) in [6.07, 6.45) is 4.15. The van der Waals surface area contributed by atoms with Crippen LogP contribution in [0.3, 0.4) is 0 Å². The van der Waals surface area contributed by atoms with Crippen molar-refractivity contribution >= 4 is 17.4 Å². The molecule has 2 amide bonds. The molecule has 4 N–H and O–H groups in total. The summed E-state index contributed by atoms with van der Waals surface area (Å²) in [7, 11) is 0. The lowest BCUT2D eigenvalue weighted by Crippen LogP contribution is -2.34. The molecule has 0 saturated carbocycles. The average molecular weight is 451 g/mol. The van der Waals surface area contributed by atoms with E-state index in [1.54, 1.807) is 48.8 Å². The Kier molecular flexibility index (Phi) is 7.30. The average Bonchev–Trinajstić information content (AvgIpc) is 2.86. The molecule has 6 nitrogen and oxygen atoms in total. The molecule has 1 heterocycles. The first-order valence-electron chi connectivity index (χ1n) is 11.0. The number of carbonyl (C=O) groups is 1. The number of anilines is 1. The van der Waals surface area contributed by atoms with Crippen molar-refractivity contribution in [1.82, 2.24) is 10.3 Å². The van der Waals surface area contributed by atoms with Crippen LogP contribution in [0, 0.1) is 5.41 Å². The second-order valence-electron chi connectivity index (χ2n) is 7.95. The molecule has 1 aromatic heterocycles. The van der Waals surface area contributed by atoms with Crippen molar-refractivity contribution in [3.8, 4) is 5.75 Å². The molecule has 34 heavy (non-hydrogen) atoms. The molecule has 0 fully saturated rings. The van der Waals surface area contributed by atoms with Gasteiger partial charge < -0.3 is 21.1 Å². The molecule has 6 heteroatoms. The SMILES string of the molecule is N=C(CC(NC(=O)Nc1ccccc1Cc1ccccc1)c1ccccc1O)c1cccnc1. The zero-order chi connectivity index (χ0) is 23.8. The van der Waals surface area contributed by atoms with Crippen LogP contribution in [0.15, 0.2) is 103 Å². The van der Waals surface area contributed by atoms with E-state index in [9.17, 15) is 9.90 Å². The quantitative estimate of drug-likeness (QED) is 0.259. The summed E-state index contributed by atoms with van der Waals surface area (Å²) in [4.78, 5) is 17.1. The first-order valence-corrected chi connectivity index (χ1v) is 11.0. The van der Waals surface area contributed by atoms with E-state index in [2.05, 4.69) is 27.8 Å². The molecule has 0 bridgehead atoms. The van der Waals surface area contributed by atoms with E-state index in [4.69, 9.17) is 5.41 Å². The van der Waals surface area contributed by atoms with Crippen LogP contribution in [0.4, 0.5) is 10.5 Å². The lowest BCUT2D eigenvalue weighted by molar-refractivity contribution is 0.248. The molecule has 3 aromatic carbocycles. The van der Waals surface area contributed by atoms with Gasteiger partial charge in [-0.3, -0.25) is 4.98 Å². The Hall–Kier alpha value is -4.45. The number of hydrogen-bond donors (Lipinski definition) is 4. The fraction of sp³-hybridized carbons (Fsp3) is 0.107. The zero-order valence-corrected chi connectivity index (χ0v) is 18.6. The number of urea groups is 1. The zero-order valence-electron chi connectivity index (χ0n) is 18.6. The largest absolute Gasteiger partial charge is 0.508 e. The van der Waals surface area contributed by atoms with Gasteiger partial charge in [-0.1, -0.05) is 72.8 Å². The van der Waals surface area contributed by atoms with Gasteiger partial charge in [-0.15, -0.1) is 0 Å². The third-order valence-electron chi connectivity index (χ3n) is 5.54. The van der Waals surface area contributed by atoms with Gasteiger partial charge in [0, 0.05) is 41.3 Å². The van der Waals surface area contributed by atoms with Gasteiger partial charge in [0.2, 0.25) is 0 Å². The van der Waals surface area contributed by atoms with Gasteiger partial charge in [-0.25, -0.2) is 4.79 Å². The number of nitrogens with one attached hydrogen (secondary N) is 3. The predicted molar refractivity (Wildman–Crippen MR) is 134 cm³/mol. The number of phenols is 1. The maximum absolute atomic E-state index is 13.0. The number of phenolic OH excluding ortho intramolecular Hbond substituents is 1. The van der Waals surface area contributed by atoms with Gasteiger partial charge in [-0.05, 0) is 35.7 Å². The molecule has 0 saturated heterocycles. The fourth-order valence-corrected chi connectivity index (χ4v) is 3.81. The highest BCUT2D eigenvalue weighted by Crippen LogP contribution is 2.28. The monoisotopic (exact) mass is 450 g/mol. The van der Waals surface area contributed by atoms with Gasteiger partial charge in [0.05, 0.1) is 6.04 Å². The molecule has 0 aliphatic rings. The van der Waals surface area contributed by atoms with Crippen LogP contribution < -0.4 is 10.6 Å². The highest BCUT2D eigenvalue weighted by molar-refractivity contribution is 5.99. The second kappa shape index (κ2) is 10.9. The number of carbonyl (C=O) groups excluding carboxylic acids is 1. The number of amides is 2. The van der Waals surface area contributed by atoms with E-state index < -0.39 is 12.1 Å². The molecule has 0 radical (unpaired) electrons. The summed E-state index contributed by atoms with van der Waals surface area (Å²) < 4.78 is 0. The minimum Gasteiger partial charge on any atom is -0.508 e. The Morgan fingerprint density at radius 3 is 2.41 bits per heavy atom. The lowest BCUT2D eigenvalue weighted by atomic mass is 9.97. The summed E-state index contributed by atoms with van der Waals surface area (Å²) in [5.74, 6) is 0.0660. The number of aromatic hydroxyl groups is 1. The fourth-order valence-electron chi connectivity index (χ4n) is 3.81. The van der Waals surface area contributed by atoms with Crippen molar-refractivity contribution in [1.29, 1.82) is 5.41 Å². The van der Waals surface area contributed by atoms with Crippen LogP contribution in [0.25, 0.3) is 0 Å². The second-order valence-corrected chi connectivity index (χ2v) is 7.95. The predicted octanol–water partition coefficient (Wildman–Crippen LogP) is 5.70. The van der Waals surface area contributed by atoms with Gasteiger partial charge in [0.25, 0.3) is 0 Å². The topological polar surface area (TPSA) is 98.1 Å². The van der Waals surface area contributed by atoms with Crippen LogP contribution in [-0.4, -0.2) is 21.8 Å². The van der Waals surface area contributed by atoms with E-state index in [1.165, 1.54) is 0 Å². The summed E-state index contributed by atoms with van der Waals surface area (Å²) >= 11 is 0. The van der Waals surface area contributed by atoms with Crippen molar-refractivity contribution < 1.29 is 9.90 Å². The van der Waals surface area contributed by atoms with Gasteiger partial charge in [-0.2, -0.15) is 0 Å². The van der Waals surface area contributed by atoms with Gasteiger partial charge >= 0.3 is 6.03 Å². The number of aromatic nitrogens is 1. The molecular formula is C28H26N4O2. The summed E-state index contributed by atoms with van der Waals surface area (Å²) in [6, 6.07) is 27.1. The number of hydrogen-bond acceptors (Lipinski definition) is 4. The van der Waals surface area contributed by atoms with Crippen LogP contribution in [0.5, 0.6) is 5.75 Å². The molecule has 0 spiro atoms. The highest BCUT2D eigenvalue weighted by atomic mass is 16.3. The molecule has 0 aliphatic carbocycles. The first kappa shape index (κ1) is 22.7.